The Balaban J connectivity index is 2.60. The fourth-order valence-corrected chi connectivity index (χ4v) is 1.58. The van der Waals surface area contributed by atoms with Crippen molar-refractivity contribution in [2.24, 2.45) is 0 Å². The Kier molecular flexibility index (Phi) is 4.77. The molecule has 78 valence electrons. The molecule has 4 nitrogen and oxygen atoms in total. The van der Waals surface area contributed by atoms with Crippen molar-refractivity contribution in [1.82, 2.24) is 9.97 Å². The van der Waals surface area contributed by atoms with Crippen LogP contribution in [0.25, 0.3) is 0 Å². The first-order valence-corrected chi connectivity index (χ1v) is 6.12. The molecule has 2 unspecified atom stereocenters. The fraction of sp³-hybridized carbons (Fsp3) is 0.500. The lowest BCUT2D eigenvalue weighted by Crippen LogP contribution is -2.08. The summed E-state index contributed by atoms with van der Waals surface area (Å²) in [5, 5.41) is 10.5. The van der Waals surface area contributed by atoms with Gasteiger partial charge >= 0.3 is 0 Å². The van der Waals surface area contributed by atoms with E-state index in [9.17, 15) is 5.11 Å². The largest absolute Gasteiger partial charge is 0.388 e. The van der Waals surface area contributed by atoms with Gasteiger partial charge < -0.3 is 10.8 Å². The molecule has 0 spiro atoms. The molecule has 1 aromatic rings. The second-order valence-corrected chi connectivity index (χ2v) is 4.82. The number of aliphatic hydroxyl groups is 1. The maximum absolute atomic E-state index is 9.74. The summed E-state index contributed by atoms with van der Waals surface area (Å²) in [5.74, 6) is 0.219. The second-order valence-electron chi connectivity index (χ2n) is 2.88. The topological polar surface area (TPSA) is 72.0 Å². The van der Waals surface area contributed by atoms with Crippen molar-refractivity contribution >= 4 is 37.8 Å². The molecular formula is C8H11Br2N3O. The molecule has 0 aliphatic carbocycles. The van der Waals surface area contributed by atoms with E-state index in [2.05, 4.69) is 41.8 Å². The van der Waals surface area contributed by atoms with Crippen LogP contribution in [0, 0.1) is 0 Å². The van der Waals surface area contributed by atoms with Gasteiger partial charge in [-0.1, -0.05) is 31.9 Å². The quantitative estimate of drug-likeness (QED) is 0.826. The zero-order valence-corrected chi connectivity index (χ0v) is 10.6. The van der Waals surface area contributed by atoms with Crippen molar-refractivity contribution in [3.63, 3.8) is 0 Å². The SMILES string of the molecule is Nc1ncc(C(O)CC(Br)CBr)cn1. The highest BCUT2D eigenvalue weighted by molar-refractivity contribution is 9.12. The first kappa shape index (κ1) is 11.9. The minimum absolute atomic E-state index is 0.219. The van der Waals surface area contributed by atoms with Crippen LogP contribution in [-0.2, 0) is 0 Å². The van der Waals surface area contributed by atoms with Crippen molar-refractivity contribution in [2.75, 3.05) is 11.1 Å². The van der Waals surface area contributed by atoms with Gasteiger partial charge in [-0.3, -0.25) is 0 Å². The Morgan fingerprint density at radius 3 is 2.50 bits per heavy atom. The van der Waals surface area contributed by atoms with Crippen molar-refractivity contribution in [3.8, 4) is 0 Å². The molecule has 6 heteroatoms. The summed E-state index contributed by atoms with van der Waals surface area (Å²) in [4.78, 5) is 7.86. The highest BCUT2D eigenvalue weighted by Crippen LogP contribution is 2.21. The monoisotopic (exact) mass is 323 g/mol. The number of alkyl halides is 2. The Hall–Kier alpha value is -0.200. The van der Waals surface area contributed by atoms with E-state index in [0.717, 1.165) is 5.33 Å². The van der Waals surface area contributed by atoms with Gasteiger partial charge in [-0.15, -0.1) is 0 Å². The Morgan fingerprint density at radius 2 is 2.00 bits per heavy atom. The van der Waals surface area contributed by atoms with Crippen LogP contribution in [-0.4, -0.2) is 25.2 Å². The van der Waals surface area contributed by atoms with E-state index >= 15 is 0 Å². The molecule has 14 heavy (non-hydrogen) atoms. The zero-order valence-electron chi connectivity index (χ0n) is 7.40. The van der Waals surface area contributed by atoms with Gasteiger partial charge in [0.05, 0.1) is 6.10 Å². The van der Waals surface area contributed by atoms with E-state index in [1.807, 2.05) is 0 Å². The maximum Gasteiger partial charge on any atom is 0.219 e. The predicted molar refractivity (Wildman–Crippen MR) is 62.5 cm³/mol. The average molecular weight is 325 g/mol. The van der Waals surface area contributed by atoms with E-state index in [1.54, 1.807) is 12.4 Å². The smallest absolute Gasteiger partial charge is 0.219 e. The third kappa shape index (κ3) is 3.51. The number of halogens is 2. The van der Waals surface area contributed by atoms with Gasteiger partial charge in [0.15, 0.2) is 0 Å². The summed E-state index contributed by atoms with van der Waals surface area (Å²) in [6.07, 6.45) is 3.14. The third-order valence-corrected chi connectivity index (χ3v) is 4.07. The van der Waals surface area contributed by atoms with Gasteiger partial charge in [0.25, 0.3) is 0 Å². The predicted octanol–water partition coefficient (Wildman–Crippen LogP) is 1.64. The maximum atomic E-state index is 9.74. The van der Waals surface area contributed by atoms with Crippen LogP contribution in [0.2, 0.25) is 0 Å². The van der Waals surface area contributed by atoms with Crippen LogP contribution in [0.5, 0.6) is 0 Å². The number of hydrogen-bond donors (Lipinski definition) is 2. The van der Waals surface area contributed by atoms with Crippen molar-refractivity contribution in [2.45, 2.75) is 17.4 Å². The molecule has 0 amide bonds. The summed E-state index contributed by atoms with van der Waals surface area (Å²) in [7, 11) is 0. The van der Waals surface area contributed by atoms with Crippen LogP contribution in [0.15, 0.2) is 12.4 Å². The van der Waals surface area contributed by atoms with Gasteiger partial charge in [0.2, 0.25) is 5.95 Å². The number of aliphatic hydroxyl groups excluding tert-OH is 1. The van der Waals surface area contributed by atoms with E-state index in [4.69, 9.17) is 5.73 Å². The van der Waals surface area contributed by atoms with Crippen LogP contribution in [0.1, 0.15) is 18.1 Å². The van der Waals surface area contributed by atoms with Crippen LogP contribution >= 0.6 is 31.9 Å². The molecule has 0 fully saturated rings. The summed E-state index contributed by atoms with van der Waals surface area (Å²) >= 11 is 6.73. The van der Waals surface area contributed by atoms with Crippen LogP contribution < -0.4 is 5.73 Å². The summed E-state index contributed by atoms with van der Waals surface area (Å²) in [5.41, 5.74) is 6.02. The van der Waals surface area contributed by atoms with Crippen LogP contribution in [0.4, 0.5) is 5.95 Å². The molecule has 0 radical (unpaired) electrons. The van der Waals surface area contributed by atoms with Gasteiger partial charge in [0, 0.05) is 28.1 Å². The number of aromatic nitrogens is 2. The highest BCUT2D eigenvalue weighted by atomic mass is 79.9. The number of nitrogens with two attached hydrogens (primary N) is 1. The molecule has 1 aromatic heterocycles. The number of nitrogen functional groups attached to an aromatic ring is 1. The molecule has 0 aliphatic heterocycles. The van der Waals surface area contributed by atoms with Gasteiger partial charge in [-0.05, 0) is 6.42 Å². The third-order valence-electron chi connectivity index (χ3n) is 1.72. The van der Waals surface area contributed by atoms with Crippen molar-refractivity contribution < 1.29 is 5.11 Å². The molecular weight excluding hydrogens is 314 g/mol. The molecule has 0 aliphatic rings. The van der Waals surface area contributed by atoms with E-state index in [1.165, 1.54) is 0 Å². The van der Waals surface area contributed by atoms with Gasteiger partial charge in [0.1, 0.15) is 0 Å². The average Bonchev–Trinajstić information content (AvgIpc) is 2.18. The molecule has 1 heterocycles. The first-order chi connectivity index (χ1) is 6.63. The minimum atomic E-state index is -0.558. The molecule has 1 rings (SSSR count). The summed E-state index contributed by atoms with van der Waals surface area (Å²) in [6, 6.07) is 0. The fourth-order valence-electron chi connectivity index (χ4n) is 0.961. The second kappa shape index (κ2) is 5.63. The van der Waals surface area contributed by atoms with Gasteiger partial charge in [-0.25, -0.2) is 9.97 Å². The number of hydrogen-bond acceptors (Lipinski definition) is 4. The normalized spacial score (nSPS) is 15.1. The van der Waals surface area contributed by atoms with Crippen LogP contribution in [0.3, 0.4) is 0 Å². The lowest BCUT2D eigenvalue weighted by Gasteiger charge is -2.12. The molecule has 0 saturated heterocycles. The van der Waals surface area contributed by atoms with E-state index < -0.39 is 6.10 Å². The van der Waals surface area contributed by atoms with Crippen molar-refractivity contribution in [3.05, 3.63) is 18.0 Å². The van der Waals surface area contributed by atoms with Gasteiger partial charge in [-0.2, -0.15) is 0 Å². The molecule has 0 aromatic carbocycles. The first-order valence-electron chi connectivity index (χ1n) is 4.09. The molecule has 2 atom stereocenters. The lowest BCUT2D eigenvalue weighted by atomic mass is 10.1. The Labute approximate surface area is 99.2 Å². The summed E-state index contributed by atoms with van der Waals surface area (Å²) in [6.45, 7) is 0. The summed E-state index contributed by atoms with van der Waals surface area (Å²) < 4.78 is 0. The van der Waals surface area contributed by atoms with E-state index in [0.29, 0.717) is 12.0 Å². The molecule has 0 bridgehead atoms. The zero-order chi connectivity index (χ0) is 10.6. The Morgan fingerprint density at radius 1 is 1.43 bits per heavy atom. The highest BCUT2D eigenvalue weighted by Gasteiger charge is 2.13. The molecule has 0 saturated carbocycles. The minimum Gasteiger partial charge on any atom is -0.388 e. The number of anilines is 1. The number of rotatable bonds is 4. The lowest BCUT2D eigenvalue weighted by molar-refractivity contribution is 0.168. The Bertz CT molecular complexity index is 280. The number of nitrogens with zero attached hydrogens (tertiary/aromatic N) is 2. The standard InChI is InChI=1S/C8H11Br2N3O/c9-2-6(10)1-7(14)5-3-12-8(11)13-4-5/h3-4,6-7,14H,1-2H2,(H2,11,12,13). The van der Waals surface area contributed by atoms with Crippen molar-refractivity contribution in [1.29, 1.82) is 0 Å². The molecule has 3 N–H and O–H groups in total. The van der Waals surface area contributed by atoms with E-state index in [-0.39, 0.29) is 10.8 Å².